The number of azo groups is 1. The van der Waals surface area contributed by atoms with Crippen LogP contribution in [0.3, 0.4) is 0 Å². The summed E-state index contributed by atoms with van der Waals surface area (Å²) in [5.41, 5.74) is 5.26. The maximum Gasteiger partial charge on any atom is 0.227 e. The number of halogens is 2. The third-order valence-electron chi connectivity index (χ3n) is 4.50. The van der Waals surface area contributed by atoms with Gasteiger partial charge in [0.25, 0.3) is 0 Å². The second-order valence-corrected chi connectivity index (χ2v) is 7.12. The Bertz CT molecular complexity index is 1300. The molecule has 3 aromatic carbocycles. The number of hydrazone groups is 1. The largest absolute Gasteiger partial charge is 0.287 e. The van der Waals surface area contributed by atoms with Gasteiger partial charge in [0, 0.05) is 29.1 Å². The molecule has 0 bridgehead atoms. The molecule has 0 aliphatic rings. The number of carbonyl (C=O) groups excluding carboxylic acids is 1. The first kappa shape index (κ1) is 20.4. The highest BCUT2D eigenvalue weighted by Gasteiger charge is 2.17. The van der Waals surface area contributed by atoms with Gasteiger partial charge in [-0.3, -0.25) is 14.8 Å². The minimum absolute atomic E-state index is 0.189. The SMILES string of the molecule is CC(=O)n1cc(/C(N=Nc2ccc(Cl)cc2)=N\Nc2ccccc2)c2cc(F)ccc21. The van der Waals surface area contributed by atoms with Gasteiger partial charge in [0.2, 0.25) is 11.7 Å². The third-order valence-corrected chi connectivity index (χ3v) is 4.75. The second-order valence-electron chi connectivity index (χ2n) is 6.68. The van der Waals surface area contributed by atoms with E-state index in [1.54, 1.807) is 36.5 Å². The maximum atomic E-state index is 14.0. The summed E-state index contributed by atoms with van der Waals surface area (Å²) in [4.78, 5) is 12.1. The summed E-state index contributed by atoms with van der Waals surface area (Å²) in [6.45, 7) is 1.43. The minimum Gasteiger partial charge on any atom is -0.287 e. The Morgan fingerprint density at radius 1 is 1.03 bits per heavy atom. The Labute approximate surface area is 182 Å². The Morgan fingerprint density at radius 3 is 2.48 bits per heavy atom. The molecule has 4 aromatic rings. The van der Waals surface area contributed by atoms with E-state index in [0.29, 0.717) is 27.2 Å². The minimum atomic E-state index is -0.430. The van der Waals surface area contributed by atoms with E-state index < -0.39 is 5.82 Å². The lowest BCUT2D eigenvalue weighted by atomic mass is 10.1. The van der Waals surface area contributed by atoms with Gasteiger partial charge in [-0.25, -0.2) is 4.39 Å². The molecule has 0 aliphatic carbocycles. The number of benzene rings is 3. The van der Waals surface area contributed by atoms with Crippen molar-refractivity contribution in [3.05, 3.63) is 95.4 Å². The predicted octanol–water partition coefficient (Wildman–Crippen LogP) is 6.65. The van der Waals surface area contributed by atoms with Crippen molar-refractivity contribution < 1.29 is 9.18 Å². The molecule has 0 aliphatic heterocycles. The molecule has 1 N–H and O–H groups in total. The number of amidine groups is 1. The van der Waals surface area contributed by atoms with E-state index in [2.05, 4.69) is 20.8 Å². The molecule has 0 amide bonds. The van der Waals surface area contributed by atoms with Crippen LogP contribution in [-0.2, 0) is 0 Å². The number of aromatic nitrogens is 1. The highest BCUT2D eigenvalue weighted by Crippen LogP contribution is 2.25. The third kappa shape index (κ3) is 4.67. The number of rotatable bonds is 4. The van der Waals surface area contributed by atoms with Crippen LogP contribution >= 0.6 is 11.6 Å². The lowest BCUT2D eigenvalue weighted by molar-refractivity contribution is 0.0941. The number of anilines is 1. The zero-order chi connectivity index (χ0) is 21.8. The average molecular weight is 434 g/mol. The lowest BCUT2D eigenvalue weighted by Crippen LogP contribution is -2.04. The molecule has 0 atom stereocenters. The molecule has 0 radical (unpaired) electrons. The quantitative estimate of drug-likeness (QED) is 0.169. The van der Waals surface area contributed by atoms with Gasteiger partial charge in [0.15, 0.2) is 0 Å². The number of carbonyl (C=O) groups is 1. The summed E-state index contributed by atoms with van der Waals surface area (Å²) in [6, 6.07) is 20.3. The molecule has 0 saturated carbocycles. The van der Waals surface area contributed by atoms with Crippen LogP contribution in [0.1, 0.15) is 17.3 Å². The molecule has 6 nitrogen and oxygen atoms in total. The monoisotopic (exact) mass is 433 g/mol. The van der Waals surface area contributed by atoms with Crippen molar-refractivity contribution in [3.8, 4) is 0 Å². The van der Waals surface area contributed by atoms with Crippen molar-refractivity contribution in [2.24, 2.45) is 15.3 Å². The number of hydrogen-bond donors (Lipinski definition) is 1. The molecular formula is C23H17ClFN5O. The summed E-state index contributed by atoms with van der Waals surface area (Å²) >= 11 is 5.92. The maximum absolute atomic E-state index is 14.0. The van der Waals surface area contributed by atoms with Crippen LogP contribution < -0.4 is 5.43 Å². The summed E-state index contributed by atoms with van der Waals surface area (Å²) < 4.78 is 15.4. The highest BCUT2D eigenvalue weighted by molar-refractivity contribution is 6.30. The number of nitrogens with zero attached hydrogens (tertiary/aromatic N) is 4. The van der Waals surface area contributed by atoms with E-state index in [4.69, 9.17) is 11.6 Å². The standard InChI is InChI=1S/C23H17ClFN5O/c1-15(31)30-14-21(20-13-17(25)9-12-22(20)30)23(28-26-18-5-3-2-4-6-18)29-27-19-10-7-16(24)8-11-19/h2-14,26H,1H3/b28-23+,29-27?. The summed E-state index contributed by atoms with van der Waals surface area (Å²) in [7, 11) is 0. The normalized spacial score (nSPS) is 11.9. The number of fused-ring (bicyclic) bond motifs is 1. The zero-order valence-electron chi connectivity index (χ0n) is 16.5. The molecule has 0 fully saturated rings. The van der Waals surface area contributed by atoms with Crippen molar-refractivity contribution in [1.29, 1.82) is 0 Å². The van der Waals surface area contributed by atoms with E-state index in [1.807, 2.05) is 30.3 Å². The van der Waals surface area contributed by atoms with Gasteiger partial charge in [-0.15, -0.1) is 10.2 Å². The highest BCUT2D eigenvalue weighted by atomic mass is 35.5. The van der Waals surface area contributed by atoms with Crippen LogP contribution in [0, 0.1) is 5.82 Å². The van der Waals surface area contributed by atoms with E-state index in [-0.39, 0.29) is 11.7 Å². The van der Waals surface area contributed by atoms with Crippen LogP contribution in [-0.4, -0.2) is 16.3 Å². The topological polar surface area (TPSA) is 71.1 Å². The molecule has 0 unspecified atom stereocenters. The number of nitrogens with one attached hydrogen (secondary N) is 1. The van der Waals surface area contributed by atoms with Crippen molar-refractivity contribution in [2.75, 3.05) is 5.43 Å². The van der Waals surface area contributed by atoms with Crippen molar-refractivity contribution >= 4 is 45.6 Å². The van der Waals surface area contributed by atoms with Crippen LogP contribution in [0.15, 0.2) is 94.3 Å². The number of hydrogen-bond acceptors (Lipinski definition) is 4. The molecule has 154 valence electrons. The van der Waals surface area contributed by atoms with Crippen LogP contribution in [0.4, 0.5) is 15.8 Å². The molecule has 31 heavy (non-hydrogen) atoms. The van der Waals surface area contributed by atoms with Crippen LogP contribution in [0.25, 0.3) is 10.9 Å². The van der Waals surface area contributed by atoms with Crippen LogP contribution in [0.2, 0.25) is 5.02 Å². The lowest BCUT2D eigenvalue weighted by Gasteiger charge is -2.03. The number of para-hydroxylation sites is 1. The van der Waals surface area contributed by atoms with Gasteiger partial charge in [0.1, 0.15) is 5.82 Å². The first-order valence-electron chi connectivity index (χ1n) is 9.39. The van der Waals surface area contributed by atoms with Crippen molar-refractivity contribution in [1.82, 2.24) is 4.57 Å². The van der Waals surface area contributed by atoms with E-state index >= 15 is 0 Å². The molecule has 8 heteroatoms. The van der Waals surface area contributed by atoms with E-state index in [1.165, 1.54) is 23.6 Å². The first-order chi connectivity index (χ1) is 15.0. The van der Waals surface area contributed by atoms with Gasteiger partial charge < -0.3 is 0 Å². The van der Waals surface area contributed by atoms with Gasteiger partial charge in [-0.05, 0) is 54.6 Å². The fourth-order valence-corrected chi connectivity index (χ4v) is 3.15. The summed E-state index contributed by atoms with van der Waals surface area (Å²) in [5, 5.41) is 14.0. The van der Waals surface area contributed by atoms with E-state index in [9.17, 15) is 9.18 Å². The smallest absolute Gasteiger partial charge is 0.227 e. The molecule has 0 spiro atoms. The molecule has 4 rings (SSSR count). The molecule has 1 heterocycles. The van der Waals surface area contributed by atoms with Gasteiger partial charge in [0.05, 0.1) is 16.9 Å². The Kier molecular flexibility index (Phi) is 5.86. The van der Waals surface area contributed by atoms with Gasteiger partial charge in [-0.2, -0.15) is 5.10 Å². The van der Waals surface area contributed by atoms with Gasteiger partial charge >= 0.3 is 0 Å². The predicted molar refractivity (Wildman–Crippen MR) is 121 cm³/mol. The zero-order valence-corrected chi connectivity index (χ0v) is 17.2. The van der Waals surface area contributed by atoms with E-state index in [0.717, 1.165) is 5.69 Å². The second kappa shape index (κ2) is 8.89. The molecule has 0 saturated heterocycles. The molecular weight excluding hydrogens is 417 g/mol. The Hall–Kier alpha value is -3.84. The van der Waals surface area contributed by atoms with Crippen molar-refractivity contribution in [3.63, 3.8) is 0 Å². The van der Waals surface area contributed by atoms with Gasteiger partial charge in [-0.1, -0.05) is 29.8 Å². The molecule has 1 aromatic heterocycles. The van der Waals surface area contributed by atoms with Crippen LogP contribution in [0.5, 0.6) is 0 Å². The average Bonchev–Trinajstić information content (AvgIpc) is 3.14. The first-order valence-corrected chi connectivity index (χ1v) is 9.77. The summed E-state index contributed by atoms with van der Waals surface area (Å²) in [5.74, 6) is -0.456. The Balaban J connectivity index is 1.83. The van der Waals surface area contributed by atoms with Crippen molar-refractivity contribution in [2.45, 2.75) is 6.92 Å². The fraction of sp³-hybridized carbons (Fsp3) is 0.0435. The fourth-order valence-electron chi connectivity index (χ4n) is 3.02. The summed E-state index contributed by atoms with van der Waals surface area (Å²) in [6.07, 6.45) is 1.58. The Morgan fingerprint density at radius 2 is 1.77 bits per heavy atom.